The topological polar surface area (TPSA) is 80.7 Å². The summed E-state index contributed by atoms with van der Waals surface area (Å²) >= 11 is 0. The largest absolute Gasteiger partial charge is 0.418 e. The number of anilines is 2. The summed E-state index contributed by atoms with van der Waals surface area (Å²) in [6.45, 7) is 0. The average Bonchev–Trinajstić information content (AvgIpc) is 2.45. The van der Waals surface area contributed by atoms with Gasteiger partial charge in [-0.15, -0.1) is 0 Å². The van der Waals surface area contributed by atoms with Gasteiger partial charge in [0.05, 0.1) is 10.9 Å². The number of nitrogens with two attached hydrogens (primary N) is 2. The minimum atomic E-state index is -4.45. The van der Waals surface area contributed by atoms with Crippen molar-refractivity contribution in [2.75, 3.05) is 11.5 Å². The molecule has 0 fully saturated rings. The molecule has 0 aromatic carbocycles. The first-order chi connectivity index (χ1) is 6.89. The zero-order valence-corrected chi connectivity index (χ0v) is 7.39. The van der Waals surface area contributed by atoms with E-state index in [1.807, 2.05) is 0 Å². The molecule has 7 heteroatoms. The maximum absolute atomic E-state index is 12.5. The Hall–Kier alpha value is -1.92. The fourth-order valence-electron chi connectivity index (χ4n) is 1.41. The molecular weight excluding hydrogens is 209 g/mol. The summed E-state index contributed by atoms with van der Waals surface area (Å²) < 4.78 is 37.5. The van der Waals surface area contributed by atoms with E-state index in [2.05, 4.69) is 9.97 Å². The molecule has 4 nitrogen and oxygen atoms in total. The first-order valence-electron chi connectivity index (χ1n) is 4.00. The average molecular weight is 216 g/mol. The number of hydrogen-bond donors (Lipinski definition) is 3. The van der Waals surface area contributed by atoms with Crippen molar-refractivity contribution >= 4 is 22.5 Å². The highest BCUT2D eigenvalue weighted by atomic mass is 19.4. The number of rotatable bonds is 0. The summed E-state index contributed by atoms with van der Waals surface area (Å²) in [4.78, 5) is 6.10. The van der Waals surface area contributed by atoms with Crippen molar-refractivity contribution < 1.29 is 13.2 Å². The maximum Gasteiger partial charge on any atom is 0.418 e. The molecule has 0 saturated heterocycles. The highest BCUT2D eigenvalue weighted by Gasteiger charge is 2.34. The smallest absolute Gasteiger partial charge is 0.398 e. The number of aromatic nitrogens is 2. The fraction of sp³-hybridized carbons (Fsp3) is 0.125. The van der Waals surface area contributed by atoms with Crippen LogP contribution in [0, 0.1) is 0 Å². The summed E-state index contributed by atoms with van der Waals surface area (Å²) in [5.74, 6) is 0.0792. The molecule has 0 aliphatic rings. The number of nitrogens with zero attached hydrogens (tertiary/aromatic N) is 1. The SMILES string of the molecule is Nc1cc(N)c2c(C(F)(F)F)c[nH]c2n1. The Morgan fingerprint density at radius 3 is 2.53 bits per heavy atom. The van der Waals surface area contributed by atoms with Crippen molar-refractivity contribution in [1.82, 2.24) is 9.97 Å². The number of H-pyrrole nitrogens is 1. The Bertz CT molecular complexity index is 514. The van der Waals surface area contributed by atoms with Crippen LogP contribution in [0.1, 0.15) is 5.56 Å². The van der Waals surface area contributed by atoms with Crippen LogP contribution < -0.4 is 11.5 Å². The lowest BCUT2D eigenvalue weighted by Crippen LogP contribution is -2.05. The molecule has 0 atom stereocenters. The molecular formula is C8H7F3N4. The van der Waals surface area contributed by atoms with Gasteiger partial charge in [0.1, 0.15) is 11.5 Å². The number of nitrogens with one attached hydrogen (secondary N) is 1. The van der Waals surface area contributed by atoms with E-state index in [1.54, 1.807) is 0 Å². The summed E-state index contributed by atoms with van der Waals surface area (Å²) in [5.41, 5.74) is 9.98. The van der Waals surface area contributed by atoms with Gasteiger partial charge in [0, 0.05) is 18.0 Å². The normalized spacial score (nSPS) is 12.2. The number of alkyl halides is 3. The standard InChI is InChI=1S/C8H7F3N4/c9-8(10,11)3-2-14-7-6(3)4(12)1-5(13)15-7/h1-2H,(H5,12,13,14,15). The van der Waals surface area contributed by atoms with Gasteiger partial charge in [-0.2, -0.15) is 13.2 Å². The summed E-state index contributed by atoms with van der Waals surface area (Å²) in [5, 5.41) is -0.142. The summed E-state index contributed by atoms with van der Waals surface area (Å²) in [7, 11) is 0. The fourth-order valence-corrected chi connectivity index (χ4v) is 1.41. The van der Waals surface area contributed by atoms with Crippen LogP contribution in [0.4, 0.5) is 24.7 Å². The minimum absolute atomic E-state index is 0.0360. The number of fused-ring (bicyclic) bond motifs is 1. The molecule has 2 rings (SSSR count). The lowest BCUT2D eigenvalue weighted by atomic mass is 10.2. The number of aromatic amines is 1. The van der Waals surface area contributed by atoms with E-state index in [0.29, 0.717) is 0 Å². The van der Waals surface area contributed by atoms with Crippen LogP contribution in [-0.2, 0) is 6.18 Å². The molecule has 0 aliphatic carbocycles. The van der Waals surface area contributed by atoms with Crippen molar-refractivity contribution in [3.63, 3.8) is 0 Å². The van der Waals surface area contributed by atoms with Gasteiger partial charge in [-0.1, -0.05) is 0 Å². The molecule has 2 aromatic rings. The third kappa shape index (κ3) is 1.45. The van der Waals surface area contributed by atoms with E-state index in [9.17, 15) is 13.2 Å². The van der Waals surface area contributed by atoms with Crippen LogP contribution in [-0.4, -0.2) is 9.97 Å². The summed E-state index contributed by atoms with van der Waals surface area (Å²) in [6.07, 6.45) is -3.63. The first kappa shape index (κ1) is 9.63. The van der Waals surface area contributed by atoms with Crippen LogP contribution in [0.2, 0.25) is 0 Å². The zero-order valence-electron chi connectivity index (χ0n) is 7.39. The molecule has 15 heavy (non-hydrogen) atoms. The molecule has 5 N–H and O–H groups in total. The number of hydrogen-bond acceptors (Lipinski definition) is 3. The van der Waals surface area contributed by atoms with Gasteiger partial charge in [-0.05, 0) is 0 Å². The second-order valence-corrected chi connectivity index (χ2v) is 3.06. The third-order valence-corrected chi connectivity index (χ3v) is 2.00. The van der Waals surface area contributed by atoms with Crippen LogP contribution in [0.5, 0.6) is 0 Å². The Balaban J connectivity index is 2.81. The van der Waals surface area contributed by atoms with E-state index in [0.717, 1.165) is 6.20 Å². The predicted octanol–water partition coefficient (Wildman–Crippen LogP) is 1.75. The molecule has 0 bridgehead atoms. The second kappa shape index (κ2) is 2.78. The van der Waals surface area contributed by atoms with Gasteiger partial charge < -0.3 is 16.5 Å². The quantitative estimate of drug-likeness (QED) is 0.627. The Kier molecular flexibility index (Phi) is 1.79. The van der Waals surface area contributed by atoms with E-state index in [-0.39, 0.29) is 22.5 Å². The maximum atomic E-state index is 12.5. The monoisotopic (exact) mass is 216 g/mol. The molecule has 2 heterocycles. The highest BCUT2D eigenvalue weighted by Crippen LogP contribution is 2.37. The Labute approximate surface area is 82.1 Å². The van der Waals surface area contributed by atoms with Gasteiger partial charge in [0.2, 0.25) is 0 Å². The highest BCUT2D eigenvalue weighted by molar-refractivity contribution is 5.93. The first-order valence-corrected chi connectivity index (χ1v) is 4.00. The van der Waals surface area contributed by atoms with Crippen LogP contribution >= 0.6 is 0 Å². The molecule has 0 spiro atoms. The molecule has 0 aliphatic heterocycles. The van der Waals surface area contributed by atoms with Crippen molar-refractivity contribution in [2.45, 2.75) is 6.18 Å². The van der Waals surface area contributed by atoms with Crippen molar-refractivity contribution in [1.29, 1.82) is 0 Å². The van der Waals surface area contributed by atoms with Crippen molar-refractivity contribution in [3.05, 3.63) is 17.8 Å². The van der Waals surface area contributed by atoms with Gasteiger partial charge >= 0.3 is 6.18 Å². The van der Waals surface area contributed by atoms with Crippen molar-refractivity contribution in [2.24, 2.45) is 0 Å². The second-order valence-electron chi connectivity index (χ2n) is 3.06. The van der Waals surface area contributed by atoms with Gasteiger partial charge in [-0.25, -0.2) is 4.98 Å². The van der Waals surface area contributed by atoms with E-state index in [1.165, 1.54) is 6.07 Å². The van der Waals surface area contributed by atoms with Gasteiger partial charge in [-0.3, -0.25) is 0 Å². The van der Waals surface area contributed by atoms with Gasteiger partial charge in [0.15, 0.2) is 0 Å². The molecule has 80 valence electrons. The summed E-state index contributed by atoms with van der Waals surface area (Å²) in [6, 6.07) is 1.20. The van der Waals surface area contributed by atoms with E-state index in [4.69, 9.17) is 11.5 Å². The Morgan fingerprint density at radius 1 is 1.27 bits per heavy atom. The van der Waals surface area contributed by atoms with E-state index >= 15 is 0 Å². The third-order valence-electron chi connectivity index (χ3n) is 2.00. The van der Waals surface area contributed by atoms with Crippen LogP contribution in [0.25, 0.3) is 11.0 Å². The minimum Gasteiger partial charge on any atom is -0.398 e. The lowest BCUT2D eigenvalue weighted by molar-refractivity contribution is -0.136. The number of nitrogen functional groups attached to an aromatic ring is 2. The van der Waals surface area contributed by atoms with Crippen LogP contribution in [0.3, 0.4) is 0 Å². The van der Waals surface area contributed by atoms with Gasteiger partial charge in [0.25, 0.3) is 0 Å². The predicted molar refractivity (Wildman–Crippen MR) is 49.9 cm³/mol. The molecule has 0 radical (unpaired) electrons. The molecule has 2 aromatic heterocycles. The molecule has 0 amide bonds. The number of halogens is 3. The molecule has 0 unspecified atom stereocenters. The Morgan fingerprint density at radius 2 is 1.93 bits per heavy atom. The molecule has 0 saturated carbocycles. The van der Waals surface area contributed by atoms with Crippen LogP contribution in [0.15, 0.2) is 12.3 Å². The zero-order chi connectivity index (χ0) is 11.2. The lowest BCUT2D eigenvalue weighted by Gasteiger charge is -2.05. The van der Waals surface area contributed by atoms with E-state index < -0.39 is 11.7 Å². The number of pyridine rings is 1. The van der Waals surface area contributed by atoms with Crippen molar-refractivity contribution in [3.8, 4) is 0 Å².